The highest BCUT2D eigenvalue weighted by molar-refractivity contribution is 7.17. The van der Waals surface area contributed by atoms with E-state index in [4.69, 9.17) is 16.3 Å². The molecule has 1 amide bonds. The minimum Gasteiger partial charge on any atom is -0.481 e. The molecule has 0 atom stereocenters. The normalized spacial score (nSPS) is 10.1. The minimum atomic E-state index is -0.310. The van der Waals surface area contributed by atoms with E-state index >= 15 is 0 Å². The van der Waals surface area contributed by atoms with Gasteiger partial charge in [-0.25, -0.2) is 4.98 Å². The van der Waals surface area contributed by atoms with Crippen LogP contribution in [0, 0.1) is 0 Å². The summed E-state index contributed by atoms with van der Waals surface area (Å²) in [6.07, 6.45) is 1.61. The molecule has 0 aliphatic carbocycles. The minimum absolute atomic E-state index is 0.237. The van der Waals surface area contributed by atoms with Gasteiger partial charge in [-0.05, 0) is 23.2 Å². The molecule has 0 aliphatic rings. The number of methoxy groups -OCH3 is 1. The van der Waals surface area contributed by atoms with Crippen molar-refractivity contribution < 1.29 is 9.53 Å². The van der Waals surface area contributed by atoms with Crippen LogP contribution in [0.25, 0.3) is 0 Å². The molecule has 0 spiro atoms. The highest BCUT2D eigenvalue weighted by Gasteiger charge is 2.11. The van der Waals surface area contributed by atoms with Crippen LogP contribution in [0.1, 0.15) is 15.4 Å². The van der Waals surface area contributed by atoms with Crippen molar-refractivity contribution in [3.05, 3.63) is 33.4 Å². The van der Waals surface area contributed by atoms with Gasteiger partial charge in [-0.1, -0.05) is 11.3 Å². The highest BCUT2D eigenvalue weighted by Crippen LogP contribution is 2.14. The van der Waals surface area contributed by atoms with Crippen molar-refractivity contribution >= 4 is 28.8 Å². The monoisotopic (exact) mass is 284 g/mol. The average molecular weight is 285 g/mol. The van der Waals surface area contributed by atoms with Crippen LogP contribution < -0.4 is 10.1 Å². The zero-order valence-corrected chi connectivity index (χ0v) is 11.0. The number of pyridine rings is 1. The molecule has 0 unspecified atom stereocenters. The summed E-state index contributed by atoms with van der Waals surface area (Å²) < 4.78 is 5.23. The van der Waals surface area contributed by atoms with E-state index in [1.807, 2.05) is 0 Å². The van der Waals surface area contributed by atoms with Gasteiger partial charge in [-0.3, -0.25) is 4.79 Å². The van der Waals surface area contributed by atoms with Crippen LogP contribution in [0.2, 0.25) is 4.47 Å². The smallest absolute Gasteiger partial charge is 0.282 e. The number of halogens is 1. The van der Waals surface area contributed by atoms with Crippen LogP contribution in [0.3, 0.4) is 0 Å². The summed E-state index contributed by atoms with van der Waals surface area (Å²) >= 11 is 6.63. The van der Waals surface area contributed by atoms with E-state index in [1.165, 1.54) is 7.11 Å². The van der Waals surface area contributed by atoms with Gasteiger partial charge in [0, 0.05) is 18.8 Å². The van der Waals surface area contributed by atoms with E-state index in [0.29, 0.717) is 12.4 Å². The Bertz CT molecular complexity index is 560. The SMILES string of the molecule is COc1cc(CNC(=O)c2nnc(Cl)s2)ccn1. The lowest BCUT2D eigenvalue weighted by Crippen LogP contribution is -2.22. The second-order valence-corrected chi connectivity index (χ2v) is 4.81. The molecule has 18 heavy (non-hydrogen) atoms. The zero-order valence-electron chi connectivity index (χ0n) is 9.38. The van der Waals surface area contributed by atoms with E-state index in [0.717, 1.165) is 16.9 Å². The van der Waals surface area contributed by atoms with E-state index in [9.17, 15) is 4.79 Å². The molecule has 2 aromatic rings. The summed E-state index contributed by atoms with van der Waals surface area (Å²) in [4.78, 5) is 15.7. The Kier molecular flexibility index (Phi) is 4.06. The molecule has 0 saturated carbocycles. The average Bonchev–Trinajstić information content (AvgIpc) is 2.83. The van der Waals surface area contributed by atoms with Crippen molar-refractivity contribution in [2.75, 3.05) is 7.11 Å². The topological polar surface area (TPSA) is 77.0 Å². The van der Waals surface area contributed by atoms with Gasteiger partial charge < -0.3 is 10.1 Å². The Hall–Kier alpha value is -1.73. The number of amides is 1. The van der Waals surface area contributed by atoms with Crippen molar-refractivity contribution in [3.63, 3.8) is 0 Å². The van der Waals surface area contributed by atoms with Crippen LogP contribution in [-0.4, -0.2) is 28.2 Å². The molecule has 0 radical (unpaired) electrons. The van der Waals surface area contributed by atoms with Crippen LogP contribution in [-0.2, 0) is 6.54 Å². The van der Waals surface area contributed by atoms with Crippen molar-refractivity contribution in [3.8, 4) is 5.88 Å². The molecule has 6 nitrogen and oxygen atoms in total. The van der Waals surface area contributed by atoms with E-state index in [1.54, 1.807) is 18.3 Å². The molecule has 0 fully saturated rings. The number of aromatic nitrogens is 3. The Morgan fingerprint density at radius 2 is 2.39 bits per heavy atom. The summed E-state index contributed by atoms with van der Waals surface area (Å²) in [6.45, 7) is 0.356. The van der Waals surface area contributed by atoms with Gasteiger partial charge in [0.15, 0.2) is 0 Å². The van der Waals surface area contributed by atoms with Crippen molar-refractivity contribution in [1.82, 2.24) is 20.5 Å². The summed E-state index contributed by atoms with van der Waals surface area (Å²) in [5, 5.41) is 10.2. The van der Waals surface area contributed by atoms with Crippen molar-refractivity contribution in [1.29, 1.82) is 0 Å². The Labute approximate surface area is 112 Å². The molecule has 0 saturated heterocycles. The number of carbonyl (C=O) groups is 1. The summed E-state index contributed by atoms with van der Waals surface area (Å²) in [5.74, 6) is 0.191. The predicted molar refractivity (Wildman–Crippen MR) is 66.9 cm³/mol. The Morgan fingerprint density at radius 3 is 3.06 bits per heavy atom. The van der Waals surface area contributed by atoms with E-state index in [-0.39, 0.29) is 15.4 Å². The number of nitrogens with zero attached hydrogens (tertiary/aromatic N) is 3. The Balaban J connectivity index is 1.97. The van der Waals surface area contributed by atoms with Crippen LogP contribution >= 0.6 is 22.9 Å². The molecule has 0 aliphatic heterocycles. The first-order chi connectivity index (χ1) is 8.69. The number of carbonyl (C=O) groups excluding carboxylic acids is 1. The standard InChI is InChI=1S/C10H9ClN4O2S/c1-17-7-4-6(2-3-12-7)5-13-8(16)9-14-15-10(11)18-9/h2-4H,5H2,1H3,(H,13,16). The number of hydrogen-bond acceptors (Lipinski definition) is 6. The fourth-order valence-corrected chi connectivity index (χ4v) is 1.97. The molecule has 1 N–H and O–H groups in total. The molecule has 2 heterocycles. The highest BCUT2D eigenvalue weighted by atomic mass is 35.5. The van der Waals surface area contributed by atoms with Gasteiger partial charge >= 0.3 is 0 Å². The molecule has 8 heteroatoms. The van der Waals surface area contributed by atoms with Gasteiger partial charge in [0.1, 0.15) is 0 Å². The summed E-state index contributed by atoms with van der Waals surface area (Å²) in [7, 11) is 1.54. The lowest BCUT2D eigenvalue weighted by Gasteiger charge is -2.04. The van der Waals surface area contributed by atoms with Gasteiger partial charge in [0.2, 0.25) is 15.4 Å². The van der Waals surface area contributed by atoms with Gasteiger partial charge in [0.25, 0.3) is 5.91 Å². The quantitative estimate of drug-likeness (QED) is 0.921. The molecule has 0 aromatic carbocycles. The zero-order chi connectivity index (χ0) is 13.0. The molecular formula is C10H9ClN4O2S. The summed E-state index contributed by atoms with van der Waals surface area (Å²) in [6, 6.07) is 3.53. The van der Waals surface area contributed by atoms with Gasteiger partial charge in [-0.2, -0.15) is 0 Å². The lowest BCUT2D eigenvalue weighted by molar-refractivity contribution is 0.0949. The Morgan fingerprint density at radius 1 is 1.56 bits per heavy atom. The second kappa shape index (κ2) is 5.74. The third-order valence-electron chi connectivity index (χ3n) is 2.06. The number of hydrogen-bond donors (Lipinski definition) is 1. The third kappa shape index (κ3) is 3.14. The van der Waals surface area contributed by atoms with Crippen molar-refractivity contribution in [2.45, 2.75) is 6.54 Å². The number of rotatable bonds is 4. The van der Waals surface area contributed by atoms with Gasteiger partial charge in [0.05, 0.1) is 7.11 Å². The molecule has 94 valence electrons. The van der Waals surface area contributed by atoms with E-state index < -0.39 is 0 Å². The first-order valence-corrected chi connectivity index (χ1v) is 6.14. The first-order valence-electron chi connectivity index (χ1n) is 4.95. The number of nitrogens with one attached hydrogen (secondary N) is 1. The van der Waals surface area contributed by atoms with Crippen LogP contribution in [0.15, 0.2) is 18.3 Å². The molecule has 0 bridgehead atoms. The van der Waals surface area contributed by atoms with Crippen LogP contribution in [0.5, 0.6) is 5.88 Å². The lowest BCUT2D eigenvalue weighted by atomic mass is 10.2. The first kappa shape index (κ1) is 12.7. The second-order valence-electron chi connectivity index (χ2n) is 3.25. The van der Waals surface area contributed by atoms with E-state index in [2.05, 4.69) is 20.5 Å². The predicted octanol–water partition coefficient (Wildman–Crippen LogP) is 1.53. The van der Waals surface area contributed by atoms with Gasteiger partial charge in [-0.15, -0.1) is 10.2 Å². The number of ether oxygens (including phenoxy) is 1. The fourth-order valence-electron chi connectivity index (χ4n) is 1.23. The maximum atomic E-state index is 11.7. The molecule has 2 aromatic heterocycles. The maximum Gasteiger partial charge on any atom is 0.282 e. The largest absolute Gasteiger partial charge is 0.481 e. The third-order valence-corrected chi connectivity index (χ3v) is 3.07. The van der Waals surface area contributed by atoms with Crippen LogP contribution in [0.4, 0.5) is 0 Å². The molecular weight excluding hydrogens is 276 g/mol. The molecule has 2 rings (SSSR count). The van der Waals surface area contributed by atoms with Crippen molar-refractivity contribution in [2.24, 2.45) is 0 Å². The fraction of sp³-hybridized carbons (Fsp3) is 0.200. The maximum absolute atomic E-state index is 11.7. The summed E-state index contributed by atoms with van der Waals surface area (Å²) in [5.41, 5.74) is 0.880.